The van der Waals surface area contributed by atoms with Gasteiger partial charge in [-0.3, -0.25) is 19.2 Å². The lowest BCUT2D eigenvalue weighted by atomic mass is 10.3. The van der Waals surface area contributed by atoms with E-state index >= 15 is 0 Å². The highest BCUT2D eigenvalue weighted by molar-refractivity contribution is 5.68. The lowest BCUT2D eigenvalue weighted by Gasteiger charge is -2.15. The van der Waals surface area contributed by atoms with Crippen LogP contribution in [0.15, 0.2) is 25.3 Å². The number of carbonyl (C=O) groups excluding carboxylic acids is 6. The average molecular weight is 491 g/mol. The Hall–Kier alpha value is -3.30. The fraction of sp³-hybridized carbons (Fsp3) is 0.583. The number of hydrogen-bond donors (Lipinski definition) is 0. The number of allylic oxidation sites excluding steroid dienone is 2. The van der Waals surface area contributed by atoms with E-state index in [0.29, 0.717) is 25.5 Å². The van der Waals surface area contributed by atoms with Gasteiger partial charge in [0.25, 0.3) is 0 Å². The van der Waals surface area contributed by atoms with Crippen molar-refractivity contribution < 1.29 is 47.7 Å². The Morgan fingerprint density at radius 3 is 1.09 bits per heavy atom. The SMILES string of the molecule is C.C.C=CCCC(OC(C)=O)OC(C)=O.C=CCCC=O.CC(=O)OC(CCC=O)OC(C)=O. The summed E-state index contributed by atoms with van der Waals surface area (Å²) in [5.74, 6) is -2.01. The predicted molar refractivity (Wildman–Crippen MR) is 128 cm³/mol. The van der Waals surface area contributed by atoms with E-state index in [-0.39, 0.29) is 27.7 Å². The van der Waals surface area contributed by atoms with Gasteiger partial charge in [0.15, 0.2) is 0 Å². The first kappa shape index (κ1) is 41.0. The molecule has 0 fully saturated rings. The quantitative estimate of drug-likeness (QED) is 0.121. The first-order chi connectivity index (χ1) is 15.0. The normalized spacial score (nSPS) is 8.53. The Bertz CT molecular complexity index is 515. The molecule has 10 heteroatoms. The molecule has 0 aromatic carbocycles. The summed E-state index contributed by atoms with van der Waals surface area (Å²) in [6.07, 6.45) is 6.11. The van der Waals surface area contributed by atoms with Crippen molar-refractivity contribution in [2.75, 3.05) is 0 Å². The minimum atomic E-state index is -0.944. The van der Waals surface area contributed by atoms with Crippen LogP contribution in [0.4, 0.5) is 0 Å². The zero-order chi connectivity index (χ0) is 25.4. The second kappa shape index (κ2) is 29.7. The van der Waals surface area contributed by atoms with E-state index in [4.69, 9.17) is 9.47 Å². The molecule has 0 saturated heterocycles. The molecule has 10 nitrogen and oxygen atoms in total. The van der Waals surface area contributed by atoms with Crippen molar-refractivity contribution in [1.82, 2.24) is 0 Å². The van der Waals surface area contributed by atoms with Gasteiger partial charge in [0.1, 0.15) is 12.6 Å². The first-order valence-electron chi connectivity index (χ1n) is 9.81. The van der Waals surface area contributed by atoms with Gasteiger partial charge in [-0.1, -0.05) is 27.0 Å². The maximum atomic E-state index is 10.6. The van der Waals surface area contributed by atoms with Crippen LogP contribution in [0.3, 0.4) is 0 Å². The van der Waals surface area contributed by atoms with E-state index in [0.717, 1.165) is 12.7 Å². The molecule has 0 rings (SSSR count). The summed E-state index contributed by atoms with van der Waals surface area (Å²) in [7, 11) is 0. The number of hydrogen-bond acceptors (Lipinski definition) is 10. The monoisotopic (exact) mass is 490 g/mol. The third-order valence-electron chi connectivity index (χ3n) is 2.80. The average Bonchev–Trinajstić information content (AvgIpc) is 2.68. The van der Waals surface area contributed by atoms with Gasteiger partial charge in [-0.05, 0) is 12.8 Å². The minimum Gasteiger partial charge on any atom is -0.425 e. The number of aldehydes is 2. The van der Waals surface area contributed by atoms with E-state index in [2.05, 4.69) is 22.6 Å². The summed E-state index contributed by atoms with van der Waals surface area (Å²) in [6, 6.07) is 0. The summed E-state index contributed by atoms with van der Waals surface area (Å²) >= 11 is 0. The zero-order valence-corrected chi connectivity index (χ0v) is 19.2. The maximum Gasteiger partial charge on any atom is 0.305 e. The van der Waals surface area contributed by atoms with Crippen LogP contribution in [-0.4, -0.2) is 49.0 Å². The van der Waals surface area contributed by atoms with Gasteiger partial charge in [0, 0.05) is 53.4 Å². The Morgan fingerprint density at radius 1 is 0.588 bits per heavy atom. The van der Waals surface area contributed by atoms with Gasteiger partial charge in [0.2, 0.25) is 12.6 Å². The Morgan fingerprint density at radius 2 is 0.882 bits per heavy atom. The minimum absolute atomic E-state index is 0. The molecule has 0 amide bonds. The van der Waals surface area contributed by atoms with E-state index in [1.807, 2.05) is 0 Å². The molecule has 0 radical (unpaired) electrons. The van der Waals surface area contributed by atoms with Crippen LogP contribution in [0.1, 0.15) is 81.1 Å². The first-order valence-corrected chi connectivity index (χ1v) is 9.81. The molecule has 0 bridgehead atoms. The lowest BCUT2D eigenvalue weighted by molar-refractivity contribution is -0.187. The smallest absolute Gasteiger partial charge is 0.305 e. The number of unbranched alkanes of at least 4 members (excludes halogenated alkanes) is 1. The molecular formula is C24H42O10. The molecule has 0 aromatic rings. The molecule has 0 atom stereocenters. The van der Waals surface area contributed by atoms with Crippen molar-refractivity contribution in [3.8, 4) is 0 Å². The molecule has 0 N–H and O–H groups in total. The number of rotatable bonds is 13. The summed E-state index contributed by atoms with van der Waals surface area (Å²) < 4.78 is 18.7. The number of ether oxygens (including phenoxy) is 4. The Labute approximate surface area is 203 Å². The van der Waals surface area contributed by atoms with Crippen LogP contribution in [0.5, 0.6) is 0 Å². The summed E-state index contributed by atoms with van der Waals surface area (Å²) in [4.78, 5) is 61.6. The van der Waals surface area contributed by atoms with Crippen LogP contribution < -0.4 is 0 Å². The fourth-order valence-electron chi connectivity index (χ4n) is 1.67. The molecule has 34 heavy (non-hydrogen) atoms. The van der Waals surface area contributed by atoms with Gasteiger partial charge in [-0.25, -0.2) is 0 Å². The van der Waals surface area contributed by atoms with Gasteiger partial charge >= 0.3 is 23.9 Å². The van der Waals surface area contributed by atoms with Crippen LogP contribution in [0, 0.1) is 0 Å². The molecular weight excluding hydrogens is 448 g/mol. The molecule has 0 aliphatic rings. The van der Waals surface area contributed by atoms with Crippen molar-refractivity contribution >= 4 is 36.4 Å². The molecule has 0 aliphatic carbocycles. The molecule has 0 unspecified atom stereocenters. The molecule has 0 heterocycles. The van der Waals surface area contributed by atoms with E-state index in [9.17, 15) is 28.8 Å². The van der Waals surface area contributed by atoms with Crippen molar-refractivity contribution in [3.63, 3.8) is 0 Å². The van der Waals surface area contributed by atoms with Crippen molar-refractivity contribution in [1.29, 1.82) is 0 Å². The topological polar surface area (TPSA) is 139 Å². The third kappa shape index (κ3) is 39.2. The van der Waals surface area contributed by atoms with Gasteiger partial charge < -0.3 is 28.5 Å². The molecule has 0 saturated carbocycles. The van der Waals surface area contributed by atoms with Gasteiger partial charge in [-0.15, -0.1) is 13.2 Å². The van der Waals surface area contributed by atoms with Crippen molar-refractivity contribution in [2.24, 2.45) is 0 Å². The second-order valence-corrected chi connectivity index (χ2v) is 5.94. The zero-order valence-electron chi connectivity index (χ0n) is 19.2. The summed E-state index contributed by atoms with van der Waals surface area (Å²) in [5, 5.41) is 0. The van der Waals surface area contributed by atoms with Gasteiger partial charge in [0.05, 0.1) is 0 Å². The Kier molecular flexibility index (Phi) is 35.8. The molecule has 198 valence electrons. The summed E-state index contributed by atoms with van der Waals surface area (Å²) in [5.41, 5.74) is 0. The van der Waals surface area contributed by atoms with Crippen LogP contribution >= 0.6 is 0 Å². The predicted octanol–water partition coefficient (Wildman–Crippen LogP) is 4.25. The van der Waals surface area contributed by atoms with E-state index in [1.165, 1.54) is 27.7 Å². The molecule has 0 aromatic heterocycles. The fourth-order valence-corrected chi connectivity index (χ4v) is 1.67. The van der Waals surface area contributed by atoms with E-state index in [1.54, 1.807) is 12.2 Å². The summed E-state index contributed by atoms with van der Waals surface area (Å²) in [6.45, 7) is 11.9. The van der Waals surface area contributed by atoms with Gasteiger partial charge in [-0.2, -0.15) is 0 Å². The number of esters is 4. The van der Waals surface area contributed by atoms with Crippen LogP contribution in [0.25, 0.3) is 0 Å². The third-order valence-corrected chi connectivity index (χ3v) is 2.80. The maximum absolute atomic E-state index is 10.6. The Balaban J connectivity index is -0.000000128. The highest BCUT2D eigenvalue weighted by Gasteiger charge is 2.14. The van der Waals surface area contributed by atoms with Crippen LogP contribution in [0.2, 0.25) is 0 Å². The molecule has 0 aliphatic heterocycles. The standard InChI is InChI=1S/C9H14O4.C8H12O5.C5H8O.2CH4/c1-4-5-6-9(12-7(2)10)13-8(3)11;1-6(10)12-8(4-3-5-9)13-7(2)11;1-2-3-4-5-6;;/h4,9H,1,5-6H2,2-3H3;5,8H,3-4H2,1-2H3;2,5H,1,3-4H2;2*1H4. The van der Waals surface area contributed by atoms with Crippen LogP contribution in [-0.2, 0) is 47.7 Å². The van der Waals surface area contributed by atoms with E-state index < -0.39 is 36.5 Å². The highest BCUT2D eigenvalue weighted by Crippen LogP contribution is 2.06. The number of carbonyl (C=O) groups is 6. The van der Waals surface area contributed by atoms with Crippen molar-refractivity contribution in [2.45, 2.75) is 93.7 Å². The highest BCUT2D eigenvalue weighted by atomic mass is 16.7. The lowest BCUT2D eigenvalue weighted by Crippen LogP contribution is -2.22. The largest absolute Gasteiger partial charge is 0.425 e. The van der Waals surface area contributed by atoms with Crippen molar-refractivity contribution in [3.05, 3.63) is 25.3 Å². The second-order valence-electron chi connectivity index (χ2n) is 5.94. The molecule has 0 spiro atoms.